The van der Waals surface area contributed by atoms with Gasteiger partial charge in [-0.25, -0.2) is 0 Å². The molecule has 6 heteroatoms. The van der Waals surface area contributed by atoms with Crippen LogP contribution in [0.4, 0.5) is 0 Å². The van der Waals surface area contributed by atoms with E-state index in [4.69, 9.17) is 18.9 Å². The van der Waals surface area contributed by atoms with Crippen LogP contribution in [0.1, 0.15) is 10.4 Å². The number of fused-ring (bicyclic) bond motifs is 2. The molecule has 0 spiro atoms. The van der Waals surface area contributed by atoms with Gasteiger partial charge in [0.1, 0.15) is 24.7 Å². The molecule has 6 nitrogen and oxygen atoms in total. The molecule has 0 radical (unpaired) electrons. The van der Waals surface area contributed by atoms with Crippen molar-refractivity contribution in [3.05, 3.63) is 60.3 Å². The molecular formula is C25H21NO5. The summed E-state index contributed by atoms with van der Waals surface area (Å²) in [6.45, 7) is 1.12. The van der Waals surface area contributed by atoms with Gasteiger partial charge in [0.15, 0.2) is 17.8 Å². The summed E-state index contributed by atoms with van der Waals surface area (Å²) < 4.78 is 22.3. The number of hydrogen-bond donors (Lipinski definition) is 1. The third kappa shape index (κ3) is 3.17. The van der Waals surface area contributed by atoms with E-state index in [1.54, 1.807) is 14.2 Å². The maximum absolute atomic E-state index is 11.5. The fraction of sp³-hybridized carbons (Fsp3) is 0.160. The molecule has 1 N–H and O–H groups in total. The summed E-state index contributed by atoms with van der Waals surface area (Å²) in [6.07, 6.45) is 2.71. The van der Waals surface area contributed by atoms with Crippen LogP contribution in [0.15, 0.2) is 54.7 Å². The van der Waals surface area contributed by atoms with E-state index in [1.807, 2.05) is 42.6 Å². The van der Waals surface area contributed by atoms with Gasteiger partial charge in [-0.2, -0.15) is 0 Å². The number of aldehydes is 1. The minimum absolute atomic E-state index is 0.394. The van der Waals surface area contributed by atoms with Crippen molar-refractivity contribution in [1.29, 1.82) is 0 Å². The van der Waals surface area contributed by atoms with E-state index >= 15 is 0 Å². The van der Waals surface area contributed by atoms with Crippen LogP contribution in [-0.2, 0) is 0 Å². The van der Waals surface area contributed by atoms with Crippen LogP contribution in [0.25, 0.3) is 33.2 Å². The molecule has 2 heterocycles. The Morgan fingerprint density at radius 1 is 0.871 bits per heavy atom. The van der Waals surface area contributed by atoms with E-state index in [0.29, 0.717) is 30.3 Å². The Labute approximate surface area is 179 Å². The van der Waals surface area contributed by atoms with Crippen LogP contribution >= 0.6 is 0 Å². The number of rotatable bonds is 5. The molecule has 0 saturated heterocycles. The number of benzene rings is 3. The zero-order valence-corrected chi connectivity index (χ0v) is 17.2. The minimum atomic E-state index is 0.394. The Kier molecular flexibility index (Phi) is 4.75. The molecule has 156 valence electrons. The first-order chi connectivity index (χ1) is 15.2. The number of aromatic nitrogens is 1. The second kappa shape index (κ2) is 7.72. The predicted octanol–water partition coefficient (Wildman–Crippen LogP) is 5.10. The average Bonchev–Trinajstić information content (AvgIpc) is 3.27. The maximum atomic E-state index is 11.5. The highest BCUT2D eigenvalue weighted by Crippen LogP contribution is 2.41. The monoisotopic (exact) mass is 415 g/mol. The van der Waals surface area contributed by atoms with E-state index in [0.717, 1.165) is 50.9 Å². The first kappa shape index (κ1) is 19.1. The molecule has 0 atom stereocenters. The molecule has 1 aliphatic rings. The lowest BCUT2D eigenvalue weighted by Gasteiger charge is -2.19. The summed E-state index contributed by atoms with van der Waals surface area (Å²) in [5, 5.41) is 1.05. The predicted molar refractivity (Wildman–Crippen MR) is 119 cm³/mol. The van der Waals surface area contributed by atoms with E-state index in [1.165, 1.54) is 0 Å². The SMILES string of the molecule is COc1cc(-c2c[nH]c3c(-c4ccc5c(c4)OCCO5)cccc23)cc(OC)c1C=O. The third-order valence-electron chi connectivity index (χ3n) is 5.54. The number of methoxy groups -OCH3 is 2. The molecule has 4 aromatic rings. The highest BCUT2D eigenvalue weighted by atomic mass is 16.6. The van der Waals surface area contributed by atoms with Crippen LogP contribution in [-0.4, -0.2) is 38.7 Å². The summed E-state index contributed by atoms with van der Waals surface area (Å²) in [5.74, 6) is 2.47. The molecular weight excluding hydrogens is 394 g/mol. The third-order valence-corrected chi connectivity index (χ3v) is 5.54. The van der Waals surface area contributed by atoms with Crippen molar-refractivity contribution in [2.45, 2.75) is 0 Å². The van der Waals surface area contributed by atoms with Crippen molar-refractivity contribution in [2.75, 3.05) is 27.4 Å². The number of carbonyl (C=O) groups excluding carboxylic acids is 1. The summed E-state index contributed by atoms with van der Waals surface area (Å²) in [6, 6.07) is 15.9. The Hall–Kier alpha value is -3.93. The van der Waals surface area contributed by atoms with Gasteiger partial charge in [-0.15, -0.1) is 0 Å². The van der Waals surface area contributed by atoms with Crippen molar-refractivity contribution >= 4 is 17.2 Å². The number of aromatic amines is 1. The second-order valence-electron chi connectivity index (χ2n) is 7.20. The van der Waals surface area contributed by atoms with Gasteiger partial charge < -0.3 is 23.9 Å². The average molecular weight is 415 g/mol. The Morgan fingerprint density at radius 3 is 2.32 bits per heavy atom. The Balaban J connectivity index is 1.65. The van der Waals surface area contributed by atoms with Crippen molar-refractivity contribution in [3.63, 3.8) is 0 Å². The zero-order valence-electron chi connectivity index (χ0n) is 17.2. The van der Waals surface area contributed by atoms with Gasteiger partial charge in [0.25, 0.3) is 0 Å². The lowest BCUT2D eigenvalue weighted by atomic mass is 9.98. The van der Waals surface area contributed by atoms with Gasteiger partial charge in [0.2, 0.25) is 0 Å². The number of carbonyl (C=O) groups is 1. The van der Waals surface area contributed by atoms with Gasteiger partial charge in [-0.3, -0.25) is 4.79 Å². The quantitative estimate of drug-likeness (QED) is 0.459. The van der Waals surface area contributed by atoms with E-state index in [2.05, 4.69) is 17.1 Å². The molecule has 31 heavy (non-hydrogen) atoms. The van der Waals surface area contributed by atoms with Crippen LogP contribution in [0, 0.1) is 0 Å². The van der Waals surface area contributed by atoms with Crippen molar-refractivity contribution < 1.29 is 23.7 Å². The summed E-state index contributed by atoms with van der Waals surface area (Å²) >= 11 is 0. The van der Waals surface area contributed by atoms with Gasteiger partial charge in [0.05, 0.1) is 25.3 Å². The van der Waals surface area contributed by atoms with Crippen molar-refractivity contribution in [2.24, 2.45) is 0 Å². The fourth-order valence-corrected chi connectivity index (χ4v) is 4.06. The van der Waals surface area contributed by atoms with E-state index < -0.39 is 0 Å². The number of ether oxygens (including phenoxy) is 4. The highest BCUT2D eigenvalue weighted by molar-refractivity contribution is 6.03. The molecule has 0 bridgehead atoms. The largest absolute Gasteiger partial charge is 0.496 e. The fourth-order valence-electron chi connectivity index (χ4n) is 4.06. The molecule has 0 saturated carbocycles. The van der Waals surface area contributed by atoms with Gasteiger partial charge in [-0.1, -0.05) is 24.3 Å². The molecule has 0 fully saturated rings. The molecule has 0 aliphatic carbocycles. The van der Waals surface area contributed by atoms with E-state index in [-0.39, 0.29) is 0 Å². The zero-order chi connectivity index (χ0) is 21.4. The highest BCUT2D eigenvalue weighted by Gasteiger charge is 2.18. The summed E-state index contributed by atoms with van der Waals surface area (Å²) in [4.78, 5) is 14.9. The van der Waals surface area contributed by atoms with Crippen molar-refractivity contribution in [3.8, 4) is 45.3 Å². The van der Waals surface area contributed by atoms with Crippen LogP contribution < -0.4 is 18.9 Å². The van der Waals surface area contributed by atoms with Crippen LogP contribution in [0.2, 0.25) is 0 Å². The summed E-state index contributed by atoms with van der Waals surface area (Å²) in [7, 11) is 3.08. The first-order valence-corrected chi connectivity index (χ1v) is 9.95. The number of H-pyrrole nitrogens is 1. The molecule has 0 amide bonds. The molecule has 1 aromatic heterocycles. The minimum Gasteiger partial charge on any atom is -0.496 e. The Morgan fingerprint density at radius 2 is 1.61 bits per heavy atom. The van der Waals surface area contributed by atoms with Gasteiger partial charge in [-0.05, 0) is 35.4 Å². The number of hydrogen-bond acceptors (Lipinski definition) is 5. The van der Waals surface area contributed by atoms with Crippen LogP contribution in [0.3, 0.4) is 0 Å². The number of nitrogens with one attached hydrogen (secondary N) is 1. The van der Waals surface area contributed by atoms with E-state index in [9.17, 15) is 4.79 Å². The van der Waals surface area contributed by atoms with Gasteiger partial charge in [0, 0.05) is 22.7 Å². The second-order valence-corrected chi connectivity index (χ2v) is 7.20. The molecule has 0 unspecified atom stereocenters. The van der Waals surface area contributed by atoms with Crippen LogP contribution in [0.5, 0.6) is 23.0 Å². The summed E-state index contributed by atoms with van der Waals surface area (Å²) in [5.41, 5.74) is 5.38. The Bertz CT molecular complexity index is 1270. The topological polar surface area (TPSA) is 69.8 Å². The normalized spacial score (nSPS) is 12.6. The molecule has 5 rings (SSSR count). The lowest BCUT2D eigenvalue weighted by Crippen LogP contribution is -2.15. The standard InChI is InChI=1S/C25H21NO5/c1-28-22-11-16(12-23(29-2)20(22)14-27)19-13-26-25-17(4-3-5-18(19)25)15-6-7-21-24(10-15)31-9-8-30-21/h3-7,10-14,26H,8-9H2,1-2H3. The number of para-hydroxylation sites is 1. The van der Waals surface area contributed by atoms with Gasteiger partial charge >= 0.3 is 0 Å². The van der Waals surface area contributed by atoms with Crippen molar-refractivity contribution in [1.82, 2.24) is 4.98 Å². The maximum Gasteiger partial charge on any atom is 0.161 e. The molecule has 3 aromatic carbocycles. The molecule has 1 aliphatic heterocycles. The smallest absolute Gasteiger partial charge is 0.161 e. The lowest BCUT2D eigenvalue weighted by molar-refractivity contribution is 0.111. The first-order valence-electron chi connectivity index (χ1n) is 9.95.